The molecule has 0 aliphatic rings. The highest BCUT2D eigenvalue weighted by Crippen LogP contribution is 2.18. The van der Waals surface area contributed by atoms with Gasteiger partial charge in [-0.15, -0.1) is 11.3 Å². The molecule has 0 aliphatic carbocycles. The molecule has 5 nitrogen and oxygen atoms in total. The maximum Gasteiger partial charge on any atom is 0.191 e. The molecule has 0 spiro atoms. The number of nitrogens with one attached hydrogen (secondary N) is 2. The van der Waals surface area contributed by atoms with Crippen LogP contribution in [0.4, 0.5) is 5.13 Å². The van der Waals surface area contributed by atoms with Gasteiger partial charge in [-0.2, -0.15) is 0 Å². The molecule has 0 aliphatic heterocycles. The van der Waals surface area contributed by atoms with E-state index in [1.54, 1.807) is 11.3 Å². The van der Waals surface area contributed by atoms with Gasteiger partial charge in [0.2, 0.25) is 0 Å². The zero-order valence-electron chi connectivity index (χ0n) is 15.1. The fraction of sp³-hybridized carbons (Fsp3) is 0.444. The van der Waals surface area contributed by atoms with Crippen LogP contribution in [0.2, 0.25) is 5.02 Å². The first-order chi connectivity index (χ1) is 12.1. The van der Waals surface area contributed by atoms with Crippen molar-refractivity contribution in [3.05, 3.63) is 45.9 Å². The average molecular weight is 380 g/mol. The molecule has 1 heterocycles. The van der Waals surface area contributed by atoms with Gasteiger partial charge in [-0.3, -0.25) is 0 Å². The number of nitrogens with zero attached hydrogens (tertiary/aromatic N) is 3. The molecule has 0 fully saturated rings. The normalized spacial score (nSPS) is 11.4. The third-order valence-electron chi connectivity index (χ3n) is 3.54. The number of thiazole rings is 1. The third-order valence-corrected chi connectivity index (χ3v) is 4.96. The van der Waals surface area contributed by atoms with Gasteiger partial charge in [-0.05, 0) is 31.4 Å². The highest BCUT2D eigenvalue weighted by molar-refractivity contribution is 7.13. The van der Waals surface area contributed by atoms with E-state index in [0.29, 0.717) is 6.54 Å². The lowest BCUT2D eigenvalue weighted by Crippen LogP contribution is -2.37. The van der Waals surface area contributed by atoms with Gasteiger partial charge in [-0.25, -0.2) is 9.98 Å². The molecule has 0 bridgehead atoms. The monoisotopic (exact) mass is 379 g/mol. The van der Waals surface area contributed by atoms with Crippen molar-refractivity contribution >= 4 is 34.0 Å². The average Bonchev–Trinajstić information content (AvgIpc) is 3.07. The van der Waals surface area contributed by atoms with Gasteiger partial charge in [0.1, 0.15) is 0 Å². The first-order valence-corrected chi connectivity index (χ1v) is 9.73. The second kappa shape index (κ2) is 10.3. The Morgan fingerprint density at radius 2 is 2.08 bits per heavy atom. The van der Waals surface area contributed by atoms with E-state index in [0.717, 1.165) is 47.7 Å². The molecule has 0 radical (unpaired) electrons. The van der Waals surface area contributed by atoms with Crippen molar-refractivity contribution in [1.82, 2.24) is 15.6 Å². The fourth-order valence-corrected chi connectivity index (χ4v) is 3.24. The molecule has 2 aromatic rings. The van der Waals surface area contributed by atoms with Gasteiger partial charge in [0.15, 0.2) is 11.1 Å². The zero-order valence-corrected chi connectivity index (χ0v) is 16.6. The predicted molar refractivity (Wildman–Crippen MR) is 109 cm³/mol. The van der Waals surface area contributed by atoms with Crippen LogP contribution in [-0.4, -0.2) is 38.1 Å². The summed E-state index contributed by atoms with van der Waals surface area (Å²) < 4.78 is 0. The third kappa shape index (κ3) is 6.55. The Morgan fingerprint density at radius 1 is 1.28 bits per heavy atom. The van der Waals surface area contributed by atoms with Crippen LogP contribution in [0.25, 0.3) is 0 Å². The Labute approximate surface area is 159 Å². The highest BCUT2D eigenvalue weighted by Gasteiger charge is 2.04. The summed E-state index contributed by atoms with van der Waals surface area (Å²) in [6, 6.07) is 7.99. The summed E-state index contributed by atoms with van der Waals surface area (Å²) in [5.41, 5.74) is 2.17. The van der Waals surface area contributed by atoms with Crippen LogP contribution in [0.3, 0.4) is 0 Å². The van der Waals surface area contributed by atoms with E-state index in [-0.39, 0.29) is 0 Å². The van der Waals surface area contributed by atoms with Crippen LogP contribution < -0.4 is 15.5 Å². The molecule has 0 unspecified atom stereocenters. The minimum Gasteiger partial charge on any atom is -0.357 e. The van der Waals surface area contributed by atoms with Crippen molar-refractivity contribution < 1.29 is 0 Å². The smallest absolute Gasteiger partial charge is 0.191 e. The lowest BCUT2D eigenvalue weighted by molar-refractivity contribution is 0.743. The first kappa shape index (κ1) is 19.5. The predicted octanol–water partition coefficient (Wildman–Crippen LogP) is 3.55. The van der Waals surface area contributed by atoms with E-state index in [4.69, 9.17) is 11.6 Å². The van der Waals surface area contributed by atoms with E-state index < -0.39 is 0 Å². The summed E-state index contributed by atoms with van der Waals surface area (Å²) in [4.78, 5) is 11.2. The highest BCUT2D eigenvalue weighted by atomic mass is 35.5. The second-order valence-electron chi connectivity index (χ2n) is 5.83. The standard InChI is InChI=1S/C18H26ClN5S/c1-4-20-17(22-12-15-13-25-18(23-15)24(2)3)21-11-7-9-14-8-5-6-10-16(14)19/h5-6,8,10,13H,4,7,9,11-12H2,1-3H3,(H2,20,21,22). The number of aliphatic imine (C=N–C) groups is 1. The van der Waals surface area contributed by atoms with Gasteiger partial charge < -0.3 is 15.5 Å². The Bertz CT molecular complexity index is 684. The molecule has 2 N–H and O–H groups in total. The summed E-state index contributed by atoms with van der Waals surface area (Å²) in [7, 11) is 3.99. The molecule has 1 aromatic heterocycles. The summed E-state index contributed by atoms with van der Waals surface area (Å²) in [6.07, 6.45) is 1.94. The van der Waals surface area contributed by atoms with E-state index >= 15 is 0 Å². The van der Waals surface area contributed by atoms with Crippen LogP contribution in [0, 0.1) is 0 Å². The lowest BCUT2D eigenvalue weighted by Gasteiger charge is -2.11. The lowest BCUT2D eigenvalue weighted by atomic mass is 10.1. The molecule has 0 amide bonds. The molecule has 7 heteroatoms. The maximum atomic E-state index is 6.19. The molecule has 0 saturated carbocycles. The van der Waals surface area contributed by atoms with Crippen molar-refractivity contribution in [2.75, 3.05) is 32.1 Å². The van der Waals surface area contributed by atoms with Gasteiger partial charge in [0, 0.05) is 37.6 Å². The Morgan fingerprint density at radius 3 is 2.76 bits per heavy atom. The fourth-order valence-electron chi connectivity index (χ4n) is 2.26. The Kier molecular flexibility index (Phi) is 8.01. The van der Waals surface area contributed by atoms with Gasteiger partial charge in [-0.1, -0.05) is 29.8 Å². The summed E-state index contributed by atoms with van der Waals surface area (Å²) in [5.74, 6) is 0.820. The molecular weight excluding hydrogens is 354 g/mol. The molecule has 25 heavy (non-hydrogen) atoms. The van der Waals surface area contributed by atoms with Crippen LogP contribution in [0.5, 0.6) is 0 Å². The number of hydrogen-bond donors (Lipinski definition) is 2. The second-order valence-corrected chi connectivity index (χ2v) is 7.08. The number of anilines is 1. The van der Waals surface area contributed by atoms with Gasteiger partial charge in [0.05, 0.1) is 12.2 Å². The first-order valence-electron chi connectivity index (χ1n) is 8.47. The minimum atomic E-state index is 0.574. The van der Waals surface area contributed by atoms with E-state index in [1.165, 1.54) is 5.56 Å². The van der Waals surface area contributed by atoms with Crippen molar-refractivity contribution in [3.63, 3.8) is 0 Å². The van der Waals surface area contributed by atoms with Crippen molar-refractivity contribution in [3.8, 4) is 0 Å². The number of guanidine groups is 1. The van der Waals surface area contributed by atoms with Crippen LogP contribution in [0.1, 0.15) is 24.6 Å². The van der Waals surface area contributed by atoms with Crippen LogP contribution in [0.15, 0.2) is 34.6 Å². The largest absolute Gasteiger partial charge is 0.357 e. The summed E-state index contributed by atoms with van der Waals surface area (Å²) in [6.45, 7) is 4.31. The van der Waals surface area contributed by atoms with Crippen molar-refractivity contribution in [2.45, 2.75) is 26.3 Å². The number of aromatic nitrogens is 1. The Hall–Kier alpha value is -1.79. The number of hydrogen-bond acceptors (Lipinski definition) is 4. The summed E-state index contributed by atoms with van der Waals surface area (Å²) >= 11 is 7.83. The van der Waals surface area contributed by atoms with E-state index in [1.807, 2.05) is 37.2 Å². The number of halogens is 1. The number of aryl methyl sites for hydroxylation is 1. The molecular formula is C18H26ClN5S. The quantitative estimate of drug-likeness (QED) is 0.418. The van der Waals surface area contributed by atoms with Crippen molar-refractivity contribution in [2.24, 2.45) is 4.99 Å². The van der Waals surface area contributed by atoms with Crippen LogP contribution in [-0.2, 0) is 13.0 Å². The molecule has 1 aromatic carbocycles. The molecule has 0 saturated heterocycles. The minimum absolute atomic E-state index is 0.574. The van der Waals surface area contributed by atoms with Gasteiger partial charge in [0.25, 0.3) is 0 Å². The number of rotatable bonds is 8. The molecule has 2 rings (SSSR count). The van der Waals surface area contributed by atoms with Crippen LogP contribution >= 0.6 is 22.9 Å². The van der Waals surface area contributed by atoms with Crippen molar-refractivity contribution in [1.29, 1.82) is 0 Å². The zero-order chi connectivity index (χ0) is 18.1. The Balaban J connectivity index is 1.81. The topological polar surface area (TPSA) is 52.6 Å². The van der Waals surface area contributed by atoms with E-state index in [2.05, 4.69) is 39.0 Å². The van der Waals surface area contributed by atoms with Gasteiger partial charge >= 0.3 is 0 Å². The SMILES string of the molecule is CCNC(=NCc1csc(N(C)C)n1)NCCCc1ccccc1Cl. The maximum absolute atomic E-state index is 6.19. The number of benzene rings is 1. The molecule has 136 valence electrons. The summed E-state index contributed by atoms with van der Waals surface area (Å²) in [5, 5.41) is 10.5. The van der Waals surface area contributed by atoms with E-state index in [9.17, 15) is 0 Å². The molecule has 0 atom stereocenters.